The molecule has 78 valence electrons. The molecule has 1 unspecified atom stereocenters. The van der Waals surface area contributed by atoms with Crippen molar-refractivity contribution in [3.8, 4) is 0 Å². The van der Waals surface area contributed by atoms with Crippen molar-refractivity contribution < 1.29 is 9.13 Å². The summed E-state index contributed by atoms with van der Waals surface area (Å²) in [6.07, 6.45) is 0.720. The van der Waals surface area contributed by atoms with E-state index in [0.29, 0.717) is 13.2 Å². The van der Waals surface area contributed by atoms with Crippen molar-refractivity contribution in [1.82, 2.24) is 0 Å². The third-order valence-corrected chi connectivity index (χ3v) is 2.05. The fraction of sp³-hybridized carbons (Fsp3) is 0.455. The number of hydrogen-bond donors (Lipinski definition) is 1. The fourth-order valence-electron chi connectivity index (χ4n) is 1.26. The average Bonchev–Trinajstić information content (AvgIpc) is 2.18. The van der Waals surface area contributed by atoms with Crippen LogP contribution in [0.4, 0.5) is 4.39 Å². The standard InChI is InChI=1S/C11H16FNO/c1-2-14-7-6-11(13)9-4-3-5-10(12)8-9/h3-5,8,11H,2,6-7,13H2,1H3. The van der Waals surface area contributed by atoms with Gasteiger partial charge >= 0.3 is 0 Å². The molecule has 2 N–H and O–H groups in total. The van der Waals surface area contributed by atoms with Gasteiger partial charge in [0, 0.05) is 19.3 Å². The summed E-state index contributed by atoms with van der Waals surface area (Å²) in [7, 11) is 0. The summed E-state index contributed by atoms with van der Waals surface area (Å²) in [5, 5.41) is 0. The molecule has 0 heterocycles. The van der Waals surface area contributed by atoms with E-state index >= 15 is 0 Å². The van der Waals surface area contributed by atoms with Crippen molar-refractivity contribution in [2.45, 2.75) is 19.4 Å². The van der Waals surface area contributed by atoms with Gasteiger partial charge in [-0.2, -0.15) is 0 Å². The van der Waals surface area contributed by atoms with E-state index in [9.17, 15) is 4.39 Å². The quantitative estimate of drug-likeness (QED) is 0.735. The lowest BCUT2D eigenvalue weighted by Crippen LogP contribution is -2.13. The van der Waals surface area contributed by atoms with E-state index in [4.69, 9.17) is 10.5 Å². The van der Waals surface area contributed by atoms with Crippen molar-refractivity contribution in [2.24, 2.45) is 5.73 Å². The molecule has 1 aromatic carbocycles. The second kappa shape index (κ2) is 5.73. The molecule has 0 saturated carbocycles. The maximum atomic E-state index is 12.8. The normalized spacial score (nSPS) is 12.8. The summed E-state index contributed by atoms with van der Waals surface area (Å²) in [6.45, 7) is 3.25. The summed E-state index contributed by atoms with van der Waals surface area (Å²) in [5.74, 6) is -0.241. The van der Waals surface area contributed by atoms with Gasteiger partial charge in [-0.05, 0) is 31.0 Å². The molecule has 0 amide bonds. The van der Waals surface area contributed by atoms with Crippen molar-refractivity contribution in [3.63, 3.8) is 0 Å². The fourth-order valence-corrected chi connectivity index (χ4v) is 1.26. The predicted molar refractivity (Wildman–Crippen MR) is 54.4 cm³/mol. The molecule has 1 aromatic rings. The Bertz CT molecular complexity index is 278. The van der Waals surface area contributed by atoms with Crippen LogP contribution in [0.1, 0.15) is 24.9 Å². The molecular weight excluding hydrogens is 181 g/mol. The van der Waals surface area contributed by atoms with Gasteiger partial charge in [-0.1, -0.05) is 12.1 Å². The molecule has 0 spiro atoms. The summed E-state index contributed by atoms with van der Waals surface area (Å²) in [5.41, 5.74) is 6.68. The van der Waals surface area contributed by atoms with Crippen LogP contribution in [0.2, 0.25) is 0 Å². The molecule has 0 aliphatic rings. The highest BCUT2D eigenvalue weighted by Crippen LogP contribution is 2.14. The molecule has 1 rings (SSSR count). The molecule has 0 bridgehead atoms. The number of ether oxygens (including phenoxy) is 1. The third-order valence-electron chi connectivity index (χ3n) is 2.05. The van der Waals surface area contributed by atoms with E-state index in [1.54, 1.807) is 6.07 Å². The molecule has 0 saturated heterocycles. The van der Waals surface area contributed by atoms with E-state index < -0.39 is 0 Å². The zero-order chi connectivity index (χ0) is 10.4. The Morgan fingerprint density at radius 2 is 2.29 bits per heavy atom. The smallest absolute Gasteiger partial charge is 0.123 e. The number of hydrogen-bond acceptors (Lipinski definition) is 2. The number of nitrogens with two attached hydrogens (primary N) is 1. The predicted octanol–water partition coefficient (Wildman–Crippen LogP) is 2.25. The van der Waals surface area contributed by atoms with Crippen molar-refractivity contribution in [3.05, 3.63) is 35.6 Å². The van der Waals surface area contributed by atoms with E-state index in [2.05, 4.69) is 0 Å². The van der Waals surface area contributed by atoms with Crippen LogP contribution in [-0.4, -0.2) is 13.2 Å². The van der Waals surface area contributed by atoms with Gasteiger partial charge in [-0.3, -0.25) is 0 Å². The molecule has 3 heteroatoms. The van der Waals surface area contributed by atoms with Gasteiger partial charge in [-0.25, -0.2) is 4.39 Å². The molecule has 14 heavy (non-hydrogen) atoms. The van der Waals surface area contributed by atoms with Crippen molar-refractivity contribution in [2.75, 3.05) is 13.2 Å². The van der Waals surface area contributed by atoms with E-state index in [-0.39, 0.29) is 11.9 Å². The molecule has 0 aromatic heterocycles. The SMILES string of the molecule is CCOCCC(N)c1cccc(F)c1. The van der Waals surface area contributed by atoms with Gasteiger partial charge in [0.05, 0.1) is 0 Å². The summed E-state index contributed by atoms with van der Waals surface area (Å²) < 4.78 is 18.0. The van der Waals surface area contributed by atoms with E-state index in [0.717, 1.165) is 12.0 Å². The highest BCUT2D eigenvalue weighted by Gasteiger charge is 2.05. The molecule has 1 atom stereocenters. The Balaban J connectivity index is 2.47. The monoisotopic (exact) mass is 197 g/mol. The van der Waals surface area contributed by atoms with Crippen LogP contribution in [-0.2, 0) is 4.74 Å². The van der Waals surface area contributed by atoms with Crippen LogP contribution in [0, 0.1) is 5.82 Å². The lowest BCUT2D eigenvalue weighted by molar-refractivity contribution is 0.140. The summed E-state index contributed by atoms with van der Waals surface area (Å²) in [6, 6.07) is 6.25. The first kappa shape index (κ1) is 11.1. The Hall–Kier alpha value is -0.930. The Labute approximate surface area is 83.9 Å². The van der Waals surface area contributed by atoms with E-state index in [1.807, 2.05) is 13.0 Å². The minimum atomic E-state index is -0.241. The summed E-state index contributed by atoms with van der Waals surface area (Å²) in [4.78, 5) is 0. The molecule has 2 nitrogen and oxygen atoms in total. The maximum absolute atomic E-state index is 12.8. The third kappa shape index (κ3) is 3.44. The van der Waals surface area contributed by atoms with Crippen LogP contribution < -0.4 is 5.73 Å². The van der Waals surface area contributed by atoms with Gasteiger partial charge in [0.2, 0.25) is 0 Å². The summed E-state index contributed by atoms with van der Waals surface area (Å²) >= 11 is 0. The van der Waals surface area contributed by atoms with Crippen LogP contribution in [0.15, 0.2) is 24.3 Å². The zero-order valence-electron chi connectivity index (χ0n) is 8.37. The second-order valence-electron chi connectivity index (χ2n) is 3.15. The minimum absolute atomic E-state index is 0.141. The van der Waals surface area contributed by atoms with Gasteiger partial charge in [-0.15, -0.1) is 0 Å². The lowest BCUT2D eigenvalue weighted by Gasteiger charge is -2.11. The van der Waals surface area contributed by atoms with E-state index in [1.165, 1.54) is 12.1 Å². The number of rotatable bonds is 5. The largest absolute Gasteiger partial charge is 0.382 e. The van der Waals surface area contributed by atoms with Crippen LogP contribution >= 0.6 is 0 Å². The molecule has 0 fully saturated rings. The van der Waals surface area contributed by atoms with Crippen LogP contribution in [0.3, 0.4) is 0 Å². The van der Waals surface area contributed by atoms with Gasteiger partial charge < -0.3 is 10.5 Å². The molecule has 0 radical (unpaired) electrons. The van der Waals surface area contributed by atoms with Gasteiger partial charge in [0.1, 0.15) is 5.82 Å². The number of benzene rings is 1. The first-order chi connectivity index (χ1) is 6.74. The highest BCUT2D eigenvalue weighted by molar-refractivity contribution is 5.19. The van der Waals surface area contributed by atoms with Crippen LogP contribution in [0.25, 0.3) is 0 Å². The van der Waals surface area contributed by atoms with Crippen molar-refractivity contribution >= 4 is 0 Å². The first-order valence-electron chi connectivity index (χ1n) is 4.83. The highest BCUT2D eigenvalue weighted by atomic mass is 19.1. The van der Waals surface area contributed by atoms with Gasteiger partial charge in [0.25, 0.3) is 0 Å². The number of halogens is 1. The molecule has 0 aliphatic carbocycles. The molecular formula is C11H16FNO. The minimum Gasteiger partial charge on any atom is -0.382 e. The zero-order valence-corrected chi connectivity index (χ0v) is 8.37. The maximum Gasteiger partial charge on any atom is 0.123 e. The molecule has 0 aliphatic heterocycles. The lowest BCUT2D eigenvalue weighted by atomic mass is 10.1. The van der Waals surface area contributed by atoms with Crippen LogP contribution in [0.5, 0.6) is 0 Å². The first-order valence-corrected chi connectivity index (χ1v) is 4.83. The topological polar surface area (TPSA) is 35.2 Å². The second-order valence-corrected chi connectivity index (χ2v) is 3.15. The average molecular weight is 197 g/mol. The Morgan fingerprint density at radius 3 is 2.93 bits per heavy atom. The van der Waals surface area contributed by atoms with Gasteiger partial charge in [0.15, 0.2) is 0 Å². The van der Waals surface area contributed by atoms with Crippen molar-refractivity contribution in [1.29, 1.82) is 0 Å². The Kier molecular flexibility index (Phi) is 4.56. The Morgan fingerprint density at radius 1 is 1.50 bits per heavy atom.